The summed E-state index contributed by atoms with van der Waals surface area (Å²) in [6.07, 6.45) is -4.51. The van der Waals surface area contributed by atoms with E-state index in [2.05, 4.69) is 0 Å². The maximum atomic E-state index is 13.0. The summed E-state index contributed by atoms with van der Waals surface area (Å²) >= 11 is 0. The summed E-state index contributed by atoms with van der Waals surface area (Å²) in [6.45, 7) is 1.54. The lowest BCUT2D eigenvalue weighted by atomic mass is 10.00. The number of benzene rings is 1. The summed E-state index contributed by atoms with van der Waals surface area (Å²) in [4.78, 5) is 0. The zero-order valence-corrected chi connectivity index (χ0v) is 10.4. The van der Waals surface area contributed by atoms with Crippen molar-refractivity contribution in [2.24, 2.45) is 0 Å². The molecule has 1 aliphatic heterocycles. The highest BCUT2D eigenvalue weighted by Crippen LogP contribution is 2.41. The quantitative estimate of drug-likeness (QED) is 0.922. The van der Waals surface area contributed by atoms with Crippen LogP contribution in [0.5, 0.6) is 0 Å². The standard InChI is InChI=1S/C13H15F3O3/c1-12(18-8-9(19-12)6-7-17)10-4-2-3-5-11(10)13(14,15)16/h2-5,9,17H,6-8H2,1H3. The molecule has 0 saturated carbocycles. The summed E-state index contributed by atoms with van der Waals surface area (Å²) in [6, 6.07) is 5.20. The highest BCUT2D eigenvalue weighted by atomic mass is 19.4. The fourth-order valence-corrected chi connectivity index (χ4v) is 2.19. The number of aliphatic hydroxyl groups is 1. The number of hydrogen-bond acceptors (Lipinski definition) is 3. The average molecular weight is 276 g/mol. The molecule has 3 nitrogen and oxygen atoms in total. The first-order valence-corrected chi connectivity index (χ1v) is 5.96. The number of ether oxygens (including phenoxy) is 2. The number of rotatable bonds is 3. The van der Waals surface area contributed by atoms with Crippen molar-refractivity contribution < 1.29 is 27.8 Å². The smallest absolute Gasteiger partial charge is 0.396 e. The van der Waals surface area contributed by atoms with Gasteiger partial charge in [0, 0.05) is 12.2 Å². The molecule has 1 heterocycles. The molecule has 0 aromatic heterocycles. The van der Waals surface area contributed by atoms with Crippen molar-refractivity contribution in [2.75, 3.05) is 13.2 Å². The van der Waals surface area contributed by atoms with E-state index in [-0.39, 0.29) is 18.8 Å². The summed E-state index contributed by atoms with van der Waals surface area (Å²) in [5.41, 5.74) is -0.801. The van der Waals surface area contributed by atoms with Gasteiger partial charge in [0.2, 0.25) is 0 Å². The fraction of sp³-hybridized carbons (Fsp3) is 0.538. The number of halogens is 3. The van der Waals surface area contributed by atoms with Crippen LogP contribution in [-0.4, -0.2) is 24.4 Å². The van der Waals surface area contributed by atoms with Crippen molar-refractivity contribution in [2.45, 2.75) is 31.4 Å². The molecule has 1 N–H and O–H groups in total. The van der Waals surface area contributed by atoms with Crippen molar-refractivity contribution in [1.29, 1.82) is 0 Å². The van der Waals surface area contributed by atoms with Crippen LogP contribution in [0.2, 0.25) is 0 Å². The van der Waals surface area contributed by atoms with E-state index in [1.54, 1.807) is 0 Å². The molecule has 1 saturated heterocycles. The third-order valence-corrected chi connectivity index (χ3v) is 3.11. The van der Waals surface area contributed by atoms with Crippen LogP contribution in [0.1, 0.15) is 24.5 Å². The Morgan fingerprint density at radius 3 is 2.68 bits per heavy atom. The first-order valence-electron chi connectivity index (χ1n) is 5.96. The Morgan fingerprint density at radius 1 is 1.37 bits per heavy atom. The molecule has 19 heavy (non-hydrogen) atoms. The summed E-state index contributed by atoms with van der Waals surface area (Å²) in [5.74, 6) is -1.42. The molecule has 0 amide bonds. The first-order chi connectivity index (χ1) is 8.87. The van der Waals surface area contributed by atoms with Gasteiger partial charge in [-0.15, -0.1) is 0 Å². The summed E-state index contributed by atoms with van der Waals surface area (Å²) in [7, 11) is 0. The third kappa shape index (κ3) is 2.91. The maximum Gasteiger partial charge on any atom is 0.416 e. The molecule has 106 valence electrons. The van der Waals surface area contributed by atoms with Crippen LogP contribution < -0.4 is 0 Å². The van der Waals surface area contributed by atoms with Crippen molar-refractivity contribution in [1.82, 2.24) is 0 Å². The summed E-state index contributed by atoms with van der Waals surface area (Å²) in [5, 5.41) is 8.84. The van der Waals surface area contributed by atoms with Crippen LogP contribution >= 0.6 is 0 Å². The number of hydrogen-bond donors (Lipinski definition) is 1. The van der Waals surface area contributed by atoms with E-state index in [1.807, 2.05) is 0 Å². The van der Waals surface area contributed by atoms with E-state index in [4.69, 9.17) is 14.6 Å². The lowest BCUT2D eigenvalue weighted by Gasteiger charge is -2.27. The molecule has 1 fully saturated rings. The van der Waals surface area contributed by atoms with Gasteiger partial charge in [0.25, 0.3) is 0 Å². The van der Waals surface area contributed by atoms with Gasteiger partial charge in [0.05, 0.1) is 18.3 Å². The van der Waals surface area contributed by atoms with Crippen LogP contribution in [0.4, 0.5) is 13.2 Å². The van der Waals surface area contributed by atoms with Crippen molar-refractivity contribution in [3.05, 3.63) is 35.4 Å². The SMILES string of the molecule is CC1(c2ccccc2C(F)(F)F)OCC(CCO)O1. The Hall–Kier alpha value is -1.11. The molecule has 1 aromatic carbocycles. The normalized spacial score (nSPS) is 27.7. The van der Waals surface area contributed by atoms with Crippen LogP contribution in [0.25, 0.3) is 0 Å². The molecule has 0 aliphatic carbocycles. The second-order valence-electron chi connectivity index (χ2n) is 4.55. The molecule has 1 aromatic rings. The predicted molar refractivity (Wildman–Crippen MR) is 61.3 cm³/mol. The van der Waals surface area contributed by atoms with E-state index in [9.17, 15) is 13.2 Å². The van der Waals surface area contributed by atoms with E-state index in [0.29, 0.717) is 6.42 Å². The van der Waals surface area contributed by atoms with Gasteiger partial charge >= 0.3 is 6.18 Å². The number of aliphatic hydroxyl groups excluding tert-OH is 1. The summed E-state index contributed by atoms with van der Waals surface area (Å²) < 4.78 is 49.8. The lowest BCUT2D eigenvalue weighted by molar-refractivity contribution is -0.175. The van der Waals surface area contributed by atoms with Crippen molar-refractivity contribution in [3.63, 3.8) is 0 Å². The highest BCUT2D eigenvalue weighted by molar-refractivity contribution is 5.33. The molecule has 0 bridgehead atoms. The molecule has 2 atom stereocenters. The Bertz CT molecular complexity index is 447. The first kappa shape index (κ1) is 14.3. The predicted octanol–water partition coefficient (Wildman–Crippen LogP) is 2.68. The third-order valence-electron chi connectivity index (χ3n) is 3.11. The second-order valence-corrected chi connectivity index (χ2v) is 4.55. The van der Waals surface area contributed by atoms with E-state index >= 15 is 0 Å². The minimum absolute atomic E-state index is 0.0389. The van der Waals surface area contributed by atoms with Gasteiger partial charge in [0.1, 0.15) is 0 Å². The van der Waals surface area contributed by atoms with E-state index < -0.39 is 23.6 Å². The van der Waals surface area contributed by atoms with Crippen molar-refractivity contribution >= 4 is 0 Å². The van der Waals surface area contributed by atoms with Gasteiger partial charge in [0.15, 0.2) is 5.79 Å². The lowest BCUT2D eigenvalue weighted by Crippen LogP contribution is -2.27. The minimum atomic E-state index is -4.46. The molecule has 6 heteroatoms. The van der Waals surface area contributed by atoms with Crippen LogP contribution in [0, 0.1) is 0 Å². The van der Waals surface area contributed by atoms with Gasteiger partial charge in [-0.3, -0.25) is 0 Å². The monoisotopic (exact) mass is 276 g/mol. The molecule has 2 rings (SSSR count). The van der Waals surface area contributed by atoms with Gasteiger partial charge in [-0.2, -0.15) is 13.2 Å². The molecule has 1 aliphatic rings. The Morgan fingerprint density at radius 2 is 2.05 bits per heavy atom. The zero-order valence-electron chi connectivity index (χ0n) is 10.4. The Kier molecular flexibility index (Phi) is 3.85. The van der Waals surface area contributed by atoms with Crippen molar-refractivity contribution in [3.8, 4) is 0 Å². The second kappa shape index (κ2) is 5.11. The zero-order chi connectivity index (χ0) is 14.1. The molecule has 2 unspecified atom stereocenters. The van der Waals surface area contributed by atoms with Gasteiger partial charge in [-0.1, -0.05) is 18.2 Å². The molecular weight excluding hydrogens is 261 g/mol. The Balaban J connectivity index is 2.32. The van der Waals surface area contributed by atoms with E-state index in [1.165, 1.54) is 25.1 Å². The van der Waals surface area contributed by atoms with Crippen LogP contribution in [0.3, 0.4) is 0 Å². The number of alkyl halides is 3. The van der Waals surface area contributed by atoms with Gasteiger partial charge in [-0.25, -0.2) is 0 Å². The largest absolute Gasteiger partial charge is 0.416 e. The topological polar surface area (TPSA) is 38.7 Å². The van der Waals surface area contributed by atoms with E-state index in [0.717, 1.165) is 6.07 Å². The van der Waals surface area contributed by atoms with Crippen LogP contribution in [-0.2, 0) is 21.4 Å². The maximum absolute atomic E-state index is 13.0. The van der Waals surface area contributed by atoms with Crippen LogP contribution in [0.15, 0.2) is 24.3 Å². The van der Waals surface area contributed by atoms with Gasteiger partial charge < -0.3 is 14.6 Å². The van der Waals surface area contributed by atoms with Gasteiger partial charge in [-0.05, 0) is 19.4 Å². The molecular formula is C13H15F3O3. The molecule has 0 spiro atoms. The average Bonchev–Trinajstić information content (AvgIpc) is 2.72. The Labute approximate surface area is 108 Å². The molecule has 0 radical (unpaired) electrons. The highest BCUT2D eigenvalue weighted by Gasteiger charge is 2.44. The minimum Gasteiger partial charge on any atom is -0.396 e. The fourth-order valence-electron chi connectivity index (χ4n) is 2.19.